The van der Waals surface area contributed by atoms with Crippen LogP contribution in [0.15, 0.2) is 34.2 Å². The zero-order chi connectivity index (χ0) is 12.4. The number of amides is 1. The van der Waals surface area contributed by atoms with Gasteiger partial charge in [-0.3, -0.25) is 9.78 Å². The van der Waals surface area contributed by atoms with Crippen LogP contribution in [0.2, 0.25) is 0 Å². The zero-order valence-corrected chi connectivity index (χ0v) is 9.33. The molecule has 0 saturated carbocycles. The number of hydrazone groups is 1. The van der Waals surface area contributed by atoms with E-state index in [2.05, 4.69) is 25.7 Å². The highest BCUT2D eigenvalue weighted by Crippen LogP contribution is 2.16. The monoisotopic (exact) mass is 243 g/mol. The van der Waals surface area contributed by atoms with Crippen LogP contribution in [0, 0.1) is 0 Å². The number of hydrogen-bond acceptors (Lipinski definition) is 6. The molecule has 1 aliphatic heterocycles. The minimum Gasteiger partial charge on any atom is -0.332 e. The molecule has 0 unspecified atom stereocenters. The van der Waals surface area contributed by atoms with Crippen LogP contribution in [-0.2, 0) is 4.79 Å². The first kappa shape index (κ1) is 10.6. The third-order valence-electron chi connectivity index (χ3n) is 2.52. The SMILES string of the molecule is O=C1CCC(c2nc(-c3ccncc3)no2)=NN1. The standard InChI is InChI=1S/C11H9N5O2/c17-9-2-1-8(14-15-9)11-13-10(16-18-11)7-3-5-12-6-4-7/h3-6H,1-2H2,(H,15,17). The Balaban J connectivity index is 1.88. The van der Waals surface area contributed by atoms with Crippen molar-refractivity contribution in [2.75, 3.05) is 0 Å². The Kier molecular flexibility index (Phi) is 2.56. The van der Waals surface area contributed by atoms with Gasteiger partial charge < -0.3 is 4.52 Å². The second kappa shape index (κ2) is 4.36. The van der Waals surface area contributed by atoms with Gasteiger partial charge in [0.25, 0.3) is 5.89 Å². The molecular formula is C11H9N5O2. The summed E-state index contributed by atoms with van der Waals surface area (Å²) >= 11 is 0. The molecule has 3 rings (SSSR count). The Morgan fingerprint density at radius 2 is 2.06 bits per heavy atom. The molecule has 2 aromatic heterocycles. The van der Waals surface area contributed by atoms with Crippen LogP contribution in [0.3, 0.4) is 0 Å². The lowest BCUT2D eigenvalue weighted by Crippen LogP contribution is -2.26. The Hall–Kier alpha value is -2.57. The quantitative estimate of drug-likeness (QED) is 0.839. The van der Waals surface area contributed by atoms with E-state index in [1.165, 1.54) is 0 Å². The minimum atomic E-state index is -0.104. The first-order chi connectivity index (χ1) is 8.83. The largest absolute Gasteiger partial charge is 0.332 e. The fourth-order valence-electron chi connectivity index (χ4n) is 1.59. The topological polar surface area (TPSA) is 93.3 Å². The number of rotatable bonds is 2. The van der Waals surface area contributed by atoms with E-state index in [1.54, 1.807) is 24.5 Å². The van der Waals surface area contributed by atoms with Crippen LogP contribution < -0.4 is 5.43 Å². The highest BCUT2D eigenvalue weighted by molar-refractivity contribution is 6.01. The van der Waals surface area contributed by atoms with Crippen molar-refractivity contribution in [2.45, 2.75) is 12.8 Å². The molecular weight excluding hydrogens is 234 g/mol. The van der Waals surface area contributed by atoms with E-state index in [0.29, 0.717) is 30.3 Å². The molecule has 3 heterocycles. The van der Waals surface area contributed by atoms with E-state index in [-0.39, 0.29) is 5.91 Å². The van der Waals surface area contributed by atoms with Gasteiger partial charge in [-0.2, -0.15) is 10.1 Å². The average molecular weight is 243 g/mol. The van der Waals surface area contributed by atoms with Crippen LogP contribution >= 0.6 is 0 Å². The smallest absolute Gasteiger partial charge is 0.274 e. The minimum absolute atomic E-state index is 0.104. The van der Waals surface area contributed by atoms with Gasteiger partial charge >= 0.3 is 0 Å². The molecule has 0 spiro atoms. The van der Waals surface area contributed by atoms with Crippen molar-refractivity contribution in [3.63, 3.8) is 0 Å². The molecule has 0 atom stereocenters. The first-order valence-corrected chi connectivity index (χ1v) is 5.43. The van der Waals surface area contributed by atoms with E-state index in [1.807, 2.05) is 0 Å². The Morgan fingerprint density at radius 3 is 2.78 bits per heavy atom. The number of nitrogens with one attached hydrogen (secondary N) is 1. The van der Waals surface area contributed by atoms with Crippen molar-refractivity contribution in [3.8, 4) is 11.4 Å². The highest BCUT2D eigenvalue weighted by Gasteiger charge is 2.19. The van der Waals surface area contributed by atoms with Crippen LogP contribution in [0.5, 0.6) is 0 Å². The molecule has 1 amide bonds. The van der Waals surface area contributed by atoms with Gasteiger partial charge in [0.2, 0.25) is 11.7 Å². The highest BCUT2D eigenvalue weighted by atomic mass is 16.5. The number of carbonyl (C=O) groups is 1. The maximum atomic E-state index is 11.0. The molecule has 1 aliphatic rings. The summed E-state index contributed by atoms with van der Waals surface area (Å²) in [5, 5.41) is 7.77. The fraction of sp³-hybridized carbons (Fsp3) is 0.182. The predicted molar refractivity (Wildman–Crippen MR) is 61.4 cm³/mol. The van der Waals surface area contributed by atoms with Gasteiger partial charge in [0.1, 0.15) is 5.71 Å². The Bertz CT molecular complexity index is 605. The zero-order valence-electron chi connectivity index (χ0n) is 9.33. The van der Waals surface area contributed by atoms with Gasteiger partial charge in [-0.25, -0.2) is 5.43 Å². The molecule has 7 heteroatoms. The molecule has 0 radical (unpaired) electrons. The lowest BCUT2D eigenvalue weighted by Gasteiger charge is -2.07. The molecule has 2 aromatic rings. The molecule has 7 nitrogen and oxygen atoms in total. The van der Waals surface area contributed by atoms with E-state index in [0.717, 1.165) is 5.56 Å². The number of carbonyl (C=O) groups excluding carboxylic acids is 1. The molecule has 0 saturated heterocycles. The van der Waals surface area contributed by atoms with Crippen molar-refractivity contribution < 1.29 is 9.32 Å². The maximum absolute atomic E-state index is 11.0. The second-order valence-corrected chi connectivity index (χ2v) is 3.75. The lowest BCUT2D eigenvalue weighted by molar-refractivity contribution is -0.121. The summed E-state index contributed by atoms with van der Waals surface area (Å²) in [7, 11) is 0. The molecule has 0 aromatic carbocycles. The van der Waals surface area contributed by atoms with E-state index < -0.39 is 0 Å². The predicted octanol–water partition coefficient (Wildman–Crippen LogP) is 0.746. The van der Waals surface area contributed by atoms with Gasteiger partial charge in [-0.05, 0) is 12.1 Å². The normalized spacial score (nSPS) is 15.1. The Labute approximate surface area is 102 Å². The third kappa shape index (κ3) is 1.97. The Morgan fingerprint density at radius 1 is 1.22 bits per heavy atom. The molecule has 0 aliphatic carbocycles. The van der Waals surface area contributed by atoms with Gasteiger partial charge in [-0.15, -0.1) is 0 Å². The third-order valence-corrected chi connectivity index (χ3v) is 2.52. The summed E-state index contributed by atoms with van der Waals surface area (Å²) in [4.78, 5) is 19.1. The fourth-order valence-corrected chi connectivity index (χ4v) is 1.59. The van der Waals surface area contributed by atoms with Crippen molar-refractivity contribution in [3.05, 3.63) is 30.4 Å². The summed E-state index contributed by atoms with van der Waals surface area (Å²) in [6.45, 7) is 0. The van der Waals surface area contributed by atoms with Crippen LogP contribution in [0.1, 0.15) is 18.7 Å². The van der Waals surface area contributed by atoms with Gasteiger partial charge in [0.15, 0.2) is 0 Å². The molecule has 18 heavy (non-hydrogen) atoms. The first-order valence-electron chi connectivity index (χ1n) is 5.43. The molecule has 1 N–H and O–H groups in total. The van der Waals surface area contributed by atoms with Crippen LogP contribution in [0.4, 0.5) is 0 Å². The summed E-state index contributed by atoms with van der Waals surface area (Å²) in [5.41, 5.74) is 3.81. The van der Waals surface area contributed by atoms with Crippen LogP contribution in [-0.4, -0.2) is 26.7 Å². The lowest BCUT2D eigenvalue weighted by atomic mass is 10.2. The number of nitrogens with zero attached hydrogens (tertiary/aromatic N) is 4. The molecule has 0 fully saturated rings. The van der Waals surface area contributed by atoms with Crippen molar-refractivity contribution in [1.29, 1.82) is 0 Å². The average Bonchev–Trinajstić information content (AvgIpc) is 2.90. The maximum Gasteiger partial charge on any atom is 0.274 e. The summed E-state index contributed by atoms with van der Waals surface area (Å²) in [6, 6.07) is 3.58. The van der Waals surface area contributed by atoms with Gasteiger partial charge in [0.05, 0.1) is 0 Å². The van der Waals surface area contributed by atoms with E-state index in [9.17, 15) is 4.79 Å². The number of hydrogen-bond donors (Lipinski definition) is 1. The van der Waals surface area contributed by atoms with Crippen molar-refractivity contribution in [1.82, 2.24) is 20.6 Å². The van der Waals surface area contributed by atoms with Crippen molar-refractivity contribution in [2.24, 2.45) is 5.10 Å². The van der Waals surface area contributed by atoms with E-state index in [4.69, 9.17) is 4.52 Å². The molecule has 90 valence electrons. The number of aromatic nitrogens is 3. The molecule has 0 bridgehead atoms. The summed E-state index contributed by atoms with van der Waals surface area (Å²) in [6.07, 6.45) is 4.20. The number of pyridine rings is 1. The van der Waals surface area contributed by atoms with E-state index >= 15 is 0 Å². The summed E-state index contributed by atoms with van der Waals surface area (Å²) in [5.74, 6) is 0.710. The van der Waals surface area contributed by atoms with Gasteiger partial charge in [0, 0.05) is 30.8 Å². The van der Waals surface area contributed by atoms with Crippen molar-refractivity contribution >= 4 is 11.6 Å². The van der Waals surface area contributed by atoms with Gasteiger partial charge in [-0.1, -0.05) is 5.16 Å². The van der Waals surface area contributed by atoms with Crippen LogP contribution in [0.25, 0.3) is 11.4 Å². The second-order valence-electron chi connectivity index (χ2n) is 3.75. The summed E-state index contributed by atoms with van der Waals surface area (Å²) < 4.78 is 5.13.